The standard InChI is InChI=1S/C11H15N5O3/c1-19-5-4-13-2-3-14-11-10(16(17)18)6-9(7-12)8-15-11/h6,8,13H,2-5H2,1H3,(H,14,15). The highest BCUT2D eigenvalue weighted by atomic mass is 16.6. The Labute approximate surface area is 110 Å². The molecule has 0 unspecified atom stereocenters. The molecule has 1 aromatic heterocycles. The zero-order chi connectivity index (χ0) is 14.1. The average Bonchev–Trinajstić information content (AvgIpc) is 2.42. The lowest BCUT2D eigenvalue weighted by Gasteiger charge is -2.07. The Morgan fingerprint density at radius 3 is 2.95 bits per heavy atom. The first-order valence-corrected chi connectivity index (χ1v) is 5.67. The second-order valence-corrected chi connectivity index (χ2v) is 3.63. The van der Waals surface area contributed by atoms with Crippen LogP contribution in [0.2, 0.25) is 0 Å². The molecule has 0 saturated heterocycles. The van der Waals surface area contributed by atoms with Crippen LogP contribution in [0.5, 0.6) is 0 Å². The van der Waals surface area contributed by atoms with Gasteiger partial charge in [0.1, 0.15) is 6.07 Å². The van der Waals surface area contributed by atoms with Crippen molar-refractivity contribution in [3.05, 3.63) is 27.9 Å². The normalized spacial score (nSPS) is 9.89. The first-order valence-electron chi connectivity index (χ1n) is 5.67. The fraction of sp³-hybridized carbons (Fsp3) is 0.455. The number of nitrogens with zero attached hydrogens (tertiary/aromatic N) is 3. The van der Waals surface area contributed by atoms with Gasteiger partial charge < -0.3 is 15.4 Å². The fourth-order valence-corrected chi connectivity index (χ4v) is 1.36. The summed E-state index contributed by atoms with van der Waals surface area (Å²) in [5.41, 5.74) is -0.0357. The molecule has 1 heterocycles. The summed E-state index contributed by atoms with van der Waals surface area (Å²) in [6.45, 7) is 2.43. The Morgan fingerprint density at radius 2 is 2.32 bits per heavy atom. The number of anilines is 1. The Hall–Kier alpha value is -2.24. The van der Waals surface area contributed by atoms with E-state index in [1.54, 1.807) is 7.11 Å². The molecule has 0 aliphatic heterocycles. The van der Waals surface area contributed by atoms with E-state index >= 15 is 0 Å². The minimum absolute atomic E-state index is 0.162. The van der Waals surface area contributed by atoms with Crippen molar-refractivity contribution in [2.24, 2.45) is 0 Å². The molecule has 2 N–H and O–H groups in total. The SMILES string of the molecule is COCCNCCNc1ncc(C#N)cc1[N+](=O)[O-]. The largest absolute Gasteiger partial charge is 0.383 e. The van der Waals surface area contributed by atoms with Gasteiger partial charge in [-0.1, -0.05) is 0 Å². The third-order valence-electron chi connectivity index (χ3n) is 2.27. The molecule has 102 valence electrons. The van der Waals surface area contributed by atoms with Gasteiger partial charge in [-0.2, -0.15) is 5.26 Å². The molecular formula is C11H15N5O3. The number of rotatable bonds is 8. The van der Waals surface area contributed by atoms with Crippen molar-refractivity contribution >= 4 is 11.5 Å². The van der Waals surface area contributed by atoms with Crippen molar-refractivity contribution in [1.29, 1.82) is 5.26 Å². The van der Waals surface area contributed by atoms with Crippen molar-refractivity contribution in [3.63, 3.8) is 0 Å². The van der Waals surface area contributed by atoms with E-state index in [2.05, 4.69) is 15.6 Å². The van der Waals surface area contributed by atoms with Crippen LogP contribution in [0.1, 0.15) is 5.56 Å². The number of hydrogen-bond donors (Lipinski definition) is 2. The molecule has 0 radical (unpaired) electrons. The van der Waals surface area contributed by atoms with Gasteiger partial charge >= 0.3 is 5.69 Å². The monoisotopic (exact) mass is 265 g/mol. The minimum Gasteiger partial charge on any atom is -0.383 e. The van der Waals surface area contributed by atoms with Crippen molar-refractivity contribution in [2.75, 3.05) is 38.7 Å². The van der Waals surface area contributed by atoms with Crippen LogP contribution in [0.25, 0.3) is 0 Å². The summed E-state index contributed by atoms with van der Waals surface area (Å²) in [7, 11) is 1.62. The number of hydrogen-bond acceptors (Lipinski definition) is 7. The molecule has 0 aliphatic rings. The van der Waals surface area contributed by atoms with Crippen LogP contribution in [-0.2, 0) is 4.74 Å². The van der Waals surface area contributed by atoms with Gasteiger partial charge in [-0.05, 0) is 0 Å². The van der Waals surface area contributed by atoms with E-state index in [0.717, 1.165) is 0 Å². The highest BCUT2D eigenvalue weighted by molar-refractivity contribution is 5.58. The Balaban J connectivity index is 2.53. The average molecular weight is 265 g/mol. The molecule has 0 fully saturated rings. The molecule has 8 nitrogen and oxygen atoms in total. The summed E-state index contributed by atoms with van der Waals surface area (Å²) in [5.74, 6) is 0.164. The summed E-state index contributed by atoms with van der Waals surface area (Å²) in [6, 6.07) is 3.02. The van der Waals surface area contributed by atoms with Crippen LogP contribution in [-0.4, -0.2) is 43.3 Å². The Kier molecular flexibility index (Phi) is 6.21. The maximum Gasteiger partial charge on any atom is 0.312 e. The van der Waals surface area contributed by atoms with E-state index in [4.69, 9.17) is 10.00 Å². The van der Waals surface area contributed by atoms with Crippen molar-refractivity contribution in [1.82, 2.24) is 10.3 Å². The fourth-order valence-electron chi connectivity index (χ4n) is 1.36. The quantitative estimate of drug-likeness (QED) is 0.400. The maximum atomic E-state index is 10.8. The lowest BCUT2D eigenvalue weighted by atomic mass is 10.3. The van der Waals surface area contributed by atoms with Crippen LogP contribution in [0, 0.1) is 21.4 Å². The number of nitriles is 1. The summed E-state index contributed by atoms with van der Waals surface area (Å²) in [4.78, 5) is 14.2. The van der Waals surface area contributed by atoms with Gasteiger partial charge in [-0.15, -0.1) is 0 Å². The smallest absolute Gasteiger partial charge is 0.312 e. The number of nitro groups is 1. The molecule has 8 heteroatoms. The number of ether oxygens (including phenoxy) is 1. The zero-order valence-electron chi connectivity index (χ0n) is 10.5. The van der Waals surface area contributed by atoms with Crippen molar-refractivity contribution in [3.8, 4) is 6.07 Å². The van der Waals surface area contributed by atoms with Gasteiger partial charge in [0.25, 0.3) is 0 Å². The van der Waals surface area contributed by atoms with Crippen LogP contribution in [0.15, 0.2) is 12.3 Å². The van der Waals surface area contributed by atoms with Crippen LogP contribution >= 0.6 is 0 Å². The van der Waals surface area contributed by atoms with E-state index in [9.17, 15) is 10.1 Å². The van der Waals surface area contributed by atoms with Gasteiger partial charge in [0.15, 0.2) is 0 Å². The lowest BCUT2D eigenvalue weighted by Crippen LogP contribution is -2.25. The van der Waals surface area contributed by atoms with Gasteiger partial charge in [0.05, 0.1) is 17.1 Å². The second-order valence-electron chi connectivity index (χ2n) is 3.63. The third-order valence-corrected chi connectivity index (χ3v) is 2.27. The van der Waals surface area contributed by atoms with E-state index < -0.39 is 4.92 Å². The number of methoxy groups -OCH3 is 1. The molecule has 1 aromatic rings. The molecule has 0 bridgehead atoms. The van der Waals surface area contributed by atoms with Gasteiger partial charge in [-0.25, -0.2) is 4.98 Å². The van der Waals surface area contributed by atoms with Crippen LogP contribution < -0.4 is 10.6 Å². The highest BCUT2D eigenvalue weighted by Gasteiger charge is 2.15. The Morgan fingerprint density at radius 1 is 1.53 bits per heavy atom. The summed E-state index contributed by atoms with van der Waals surface area (Å²) in [6.07, 6.45) is 1.30. The maximum absolute atomic E-state index is 10.8. The first kappa shape index (κ1) is 14.8. The lowest BCUT2D eigenvalue weighted by molar-refractivity contribution is -0.384. The molecule has 0 spiro atoms. The Bertz CT molecular complexity index is 472. The van der Waals surface area contributed by atoms with Crippen molar-refractivity contribution in [2.45, 2.75) is 0 Å². The van der Waals surface area contributed by atoms with E-state index in [1.165, 1.54) is 12.3 Å². The van der Waals surface area contributed by atoms with E-state index in [1.807, 2.05) is 6.07 Å². The predicted molar refractivity (Wildman–Crippen MR) is 68.8 cm³/mol. The predicted octanol–water partition coefficient (Wildman–Crippen LogP) is 0.509. The molecular weight excluding hydrogens is 250 g/mol. The van der Waals surface area contributed by atoms with Gasteiger partial charge in [0.2, 0.25) is 5.82 Å². The molecule has 19 heavy (non-hydrogen) atoms. The van der Waals surface area contributed by atoms with Crippen LogP contribution in [0.3, 0.4) is 0 Å². The molecule has 1 rings (SSSR count). The van der Waals surface area contributed by atoms with Gasteiger partial charge in [0, 0.05) is 39.0 Å². The molecule has 0 atom stereocenters. The molecule has 0 saturated carbocycles. The topological polar surface area (TPSA) is 113 Å². The zero-order valence-corrected chi connectivity index (χ0v) is 10.5. The summed E-state index contributed by atoms with van der Waals surface area (Å²) < 4.78 is 4.87. The molecule has 0 amide bonds. The van der Waals surface area contributed by atoms with E-state index in [0.29, 0.717) is 26.2 Å². The summed E-state index contributed by atoms with van der Waals surface area (Å²) in [5, 5.41) is 25.5. The number of pyridine rings is 1. The highest BCUT2D eigenvalue weighted by Crippen LogP contribution is 2.21. The first-order chi connectivity index (χ1) is 9.19. The molecule has 0 aromatic carbocycles. The third kappa shape index (κ3) is 4.87. The minimum atomic E-state index is -0.561. The number of nitrogens with one attached hydrogen (secondary N) is 2. The number of aromatic nitrogens is 1. The van der Waals surface area contributed by atoms with Crippen LogP contribution in [0.4, 0.5) is 11.5 Å². The van der Waals surface area contributed by atoms with Gasteiger partial charge in [-0.3, -0.25) is 10.1 Å². The van der Waals surface area contributed by atoms with E-state index in [-0.39, 0.29) is 17.1 Å². The second kappa shape index (κ2) is 7.97. The molecule has 0 aliphatic carbocycles. The van der Waals surface area contributed by atoms with Crippen molar-refractivity contribution < 1.29 is 9.66 Å². The summed E-state index contributed by atoms with van der Waals surface area (Å²) >= 11 is 0.